The highest BCUT2D eigenvalue weighted by Crippen LogP contribution is 2.28. The molecule has 1 unspecified atom stereocenters. The Bertz CT molecular complexity index is 400. The van der Waals surface area contributed by atoms with Crippen LogP contribution < -0.4 is 10.5 Å². The van der Waals surface area contributed by atoms with Crippen LogP contribution in [0.1, 0.15) is 17.9 Å². The van der Waals surface area contributed by atoms with Crippen LogP contribution in [0.2, 0.25) is 0 Å². The van der Waals surface area contributed by atoms with Crippen LogP contribution in [0.3, 0.4) is 0 Å². The summed E-state index contributed by atoms with van der Waals surface area (Å²) in [4.78, 5) is 6.16. The second kappa shape index (κ2) is 5.08. The fourth-order valence-electron chi connectivity index (χ4n) is 2.26. The van der Waals surface area contributed by atoms with Gasteiger partial charge in [0.1, 0.15) is 5.75 Å². The minimum Gasteiger partial charge on any atom is -0.497 e. The average molecular weight is 233 g/mol. The summed E-state index contributed by atoms with van der Waals surface area (Å²) in [6, 6.07) is 8.28. The molecular weight excluding hydrogens is 214 g/mol. The summed E-state index contributed by atoms with van der Waals surface area (Å²) in [6.45, 7) is 1.94. The molecular formula is C13H19N3O. The lowest BCUT2D eigenvalue weighted by atomic mass is 9.98. The van der Waals surface area contributed by atoms with Crippen molar-refractivity contribution in [3.05, 3.63) is 29.8 Å². The maximum Gasteiger partial charge on any atom is 0.190 e. The van der Waals surface area contributed by atoms with Crippen molar-refractivity contribution in [2.45, 2.75) is 12.3 Å². The van der Waals surface area contributed by atoms with Crippen molar-refractivity contribution in [2.75, 3.05) is 27.2 Å². The molecule has 17 heavy (non-hydrogen) atoms. The molecule has 1 aromatic rings. The molecule has 0 spiro atoms. The van der Waals surface area contributed by atoms with Crippen LogP contribution in [-0.2, 0) is 0 Å². The fourth-order valence-corrected chi connectivity index (χ4v) is 2.26. The van der Waals surface area contributed by atoms with E-state index in [4.69, 9.17) is 10.5 Å². The first-order valence-corrected chi connectivity index (χ1v) is 5.85. The van der Waals surface area contributed by atoms with Crippen molar-refractivity contribution in [1.29, 1.82) is 0 Å². The van der Waals surface area contributed by atoms with Gasteiger partial charge in [-0.1, -0.05) is 12.1 Å². The van der Waals surface area contributed by atoms with E-state index >= 15 is 0 Å². The lowest BCUT2D eigenvalue weighted by molar-refractivity contribution is 0.414. The van der Waals surface area contributed by atoms with Gasteiger partial charge in [0.15, 0.2) is 5.96 Å². The number of likely N-dealkylation sites (tertiary alicyclic amines) is 1. The Labute approximate surface area is 102 Å². The van der Waals surface area contributed by atoms with Crippen LogP contribution in [0.5, 0.6) is 5.75 Å². The molecule has 1 saturated heterocycles. The van der Waals surface area contributed by atoms with Gasteiger partial charge in [-0.25, -0.2) is 0 Å². The lowest BCUT2D eigenvalue weighted by Gasteiger charge is -2.17. The number of hydrogen-bond donors (Lipinski definition) is 1. The summed E-state index contributed by atoms with van der Waals surface area (Å²) in [7, 11) is 3.42. The molecule has 1 aliphatic heterocycles. The van der Waals surface area contributed by atoms with E-state index in [1.165, 1.54) is 5.56 Å². The topological polar surface area (TPSA) is 50.8 Å². The van der Waals surface area contributed by atoms with Crippen molar-refractivity contribution >= 4 is 5.96 Å². The number of nitrogens with zero attached hydrogens (tertiary/aromatic N) is 2. The van der Waals surface area contributed by atoms with E-state index in [-0.39, 0.29) is 0 Å². The van der Waals surface area contributed by atoms with Crippen LogP contribution in [0.4, 0.5) is 0 Å². The maximum absolute atomic E-state index is 5.82. The molecule has 1 aliphatic rings. The minimum absolute atomic E-state index is 0.543. The Morgan fingerprint density at radius 2 is 2.12 bits per heavy atom. The summed E-state index contributed by atoms with van der Waals surface area (Å²) < 4.78 is 5.16. The molecule has 0 aromatic heterocycles. The van der Waals surface area contributed by atoms with Gasteiger partial charge in [-0.15, -0.1) is 0 Å². The van der Waals surface area contributed by atoms with Crippen LogP contribution in [0, 0.1) is 0 Å². The molecule has 92 valence electrons. The molecule has 0 saturated carbocycles. The van der Waals surface area contributed by atoms with Crippen molar-refractivity contribution in [1.82, 2.24) is 4.90 Å². The Kier molecular flexibility index (Phi) is 3.52. The van der Waals surface area contributed by atoms with Gasteiger partial charge in [-0.2, -0.15) is 0 Å². The molecule has 0 radical (unpaired) electrons. The monoisotopic (exact) mass is 233 g/mol. The third kappa shape index (κ3) is 2.52. The predicted octanol–water partition coefficient (Wildman–Crippen LogP) is 1.43. The van der Waals surface area contributed by atoms with Crippen LogP contribution in [-0.4, -0.2) is 38.1 Å². The lowest BCUT2D eigenvalue weighted by Crippen LogP contribution is -2.35. The molecule has 0 aliphatic carbocycles. The third-order valence-electron chi connectivity index (χ3n) is 3.33. The quantitative estimate of drug-likeness (QED) is 0.621. The zero-order chi connectivity index (χ0) is 12.3. The number of hydrogen-bond acceptors (Lipinski definition) is 2. The standard InChI is InChI=1S/C13H19N3O/c1-15-13(14)16-8-7-11(9-16)10-3-5-12(17-2)6-4-10/h3-6,11H,7-9H2,1-2H3,(H2,14,15). The maximum atomic E-state index is 5.82. The van der Waals surface area contributed by atoms with Gasteiger partial charge in [0.05, 0.1) is 7.11 Å². The molecule has 0 bridgehead atoms. The van der Waals surface area contributed by atoms with Crippen LogP contribution in [0.15, 0.2) is 29.3 Å². The minimum atomic E-state index is 0.543. The highest BCUT2D eigenvalue weighted by atomic mass is 16.5. The molecule has 4 nitrogen and oxygen atoms in total. The summed E-state index contributed by atoms with van der Waals surface area (Å²) in [5.74, 6) is 2.08. The number of methoxy groups -OCH3 is 1. The molecule has 4 heteroatoms. The fraction of sp³-hybridized carbons (Fsp3) is 0.462. The molecule has 0 amide bonds. The predicted molar refractivity (Wildman–Crippen MR) is 69.5 cm³/mol. The van der Waals surface area contributed by atoms with Crippen LogP contribution in [0.25, 0.3) is 0 Å². The van der Waals surface area contributed by atoms with E-state index in [9.17, 15) is 0 Å². The summed E-state index contributed by atoms with van der Waals surface area (Å²) in [5, 5.41) is 0. The Morgan fingerprint density at radius 3 is 2.71 bits per heavy atom. The van der Waals surface area contributed by atoms with Gasteiger partial charge >= 0.3 is 0 Å². The van der Waals surface area contributed by atoms with Crippen molar-refractivity contribution in [3.8, 4) is 5.75 Å². The van der Waals surface area contributed by atoms with Gasteiger partial charge < -0.3 is 15.4 Å². The van der Waals surface area contributed by atoms with E-state index in [2.05, 4.69) is 22.0 Å². The number of guanidine groups is 1. The summed E-state index contributed by atoms with van der Waals surface area (Å²) in [6.07, 6.45) is 1.13. The molecule has 2 rings (SSSR count). The van der Waals surface area contributed by atoms with Crippen molar-refractivity contribution in [2.24, 2.45) is 10.7 Å². The number of benzene rings is 1. The molecule has 1 atom stereocenters. The van der Waals surface area contributed by atoms with Gasteiger partial charge in [0.2, 0.25) is 0 Å². The van der Waals surface area contributed by atoms with Gasteiger partial charge in [-0.3, -0.25) is 4.99 Å². The number of nitrogens with two attached hydrogens (primary N) is 1. The van der Waals surface area contributed by atoms with E-state index in [1.54, 1.807) is 14.2 Å². The SMILES string of the molecule is CN=C(N)N1CCC(c2ccc(OC)cc2)C1. The number of rotatable bonds is 2. The van der Waals surface area contributed by atoms with E-state index in [0.29, 0.717) is 11.9 Å². The summed E-state index contributed by atoms with van der Waals surface area (Å²) in [5.41, 5.74) is 7.16. The molecule has 1 aromatic carbocycles. The summed E-state index contributed by atoms with van der Waals surface area (Å²) >= 11 is 0. The van der Waals surface area contributed by atoms with Gasteiger partial charge in [0.25, 0.3) is 0 Å². The average Bonchev–Trinajstić information content (AvgIpc) is 2.87. The Hall–Kier alpha value is -1.71. The van der Waals surface area contributed by atoms with E-state index in [1.807, 2.05) is 12.1 Å². The molecule has 2 N–H and O–H groups in total. The first-order chi connectivity index (χ1) is 8.24. The Morgan fingerprint density at radius 1 is 1.41 bits per heavy atom. The highest BCUT2D eigenvalue weighted by Gasteiger charge is 2.24. The van der Waals surface area contributed by atoms with Gasteiger partial charge in [0, 0.05) is 26.1 Å². The van der Waals surface area contributed by atoms with Crippen molar-refractivity contribution in [3.63, 3.8) is 0 Å². The normalized spacial score (nSPS) is 20.7. The second-order valence-electron chi connectivity index (χ2n) is 4.29. The first kappa shape index (κ1) is 11.8. The van der Waals surface area contributed by atoms with E-state index < -0.39 is 0 Å². The third-order valence-corrected chi connectivity index (χ3v) is 3.33. The first-order valence-electron chi connectivity index (χ1n) is 5.85. The van der Waals surface area contributed by atoms with Crippen LogP contribution >= 0.6 is 0 Å². The number of aliphatic imine (C=N–C) groups is 1. The van der Waals surface area contributed by atoms with E-state index in [0.717, 1.165) is 25.3 Å². The Balaban J connectivity index is 2.04. The molecule has 1 heterocycles. The second-order valence-corrected chi connectivity index (χ2v) is 4.29. The number of ether oxygens (including phenoxy) is 1. The molecule has 1 fully saturated rings. The smallest absolute Gasteiger partial charge is 0.190 e. The zero-order valence-electron chi connectivity index (χ0n) is 10.4. The highest BCUT2D eigenvalue weighted by molar-refractivity contribution is 5.78. The van der Waals surface area contributed by atoms with Crippen molar-refractivity contribution < 1.29 is 4.74 Å². The zero-order valence-corrected chi connectivity index (χ0v) is 10.4. The largest absolute Gasteiger partial charge is 0.497 e. The van der Waals surface area contributed by atoms with Gasteiger partial charge in [-0.05, 0) is 24.1 Å².